The Bertz CT molecular complexity index is 713. The van der Waals surface area contributed by atoms with Crippen molar-refractivity contribution < 1.29 is 0 Å². The topological polar surface area (TPSA) is 0 Å². The number of benzene rings is 1. The van der Waals surface area contributed by atoms with E-state index in [1.165, 1.54) is 96.3 Å². The number of unbranched alkanes of at least 4 members (excludes halogenated alkanes) is 4. The van der Waals surface area contributed by atoms with Gasteiger partial charge >= 0.3 is 0 Å². The van der Waals surface area contributed by atoms with Gasteiger partial charge < -0.3 is 0 Å². The molecule has 3 aliphatic carbocycles. The van der Waals surface area contributed by atoms with Crippen molar-refractivity contribution in [2.45, 2.75) is 123 Å². The molecule has 5 atom stereocenters. The predicted molar refractivity (Wildman–Crippen MR) is 140 cm³/mol. The van der Waals surface area contributed by atoms with Crippen LogP contribution in [0.25, 0.3) is 0 Å². The zero-order chi connectivity index (χ0) is 22.2. The molecule has 4 rings (SSSR count). The van der Waals surface area contributed by atoms with Gasteiger partial charge in [-0.2, -0.15) is 0 Å². The molecule has 0 heterocycles. The van der Waals surface area contributed by atoms with Gasteiger partial charge in [-0.3, -0.25) is 0 Å². The summed E-state index contributed by atoms with van der Waals surface area (Å²) in [4.78, 5) is 0. The lowest BCUT2D eigenvalue weighted by atomic mass is 9.61. The zero-order valence-corrected chi connectivity index (χ0v) is 21.3. The van der Waals surface area contributed by atoms with Crippen LogP contribution in [-0.4, -0.2) is 0 Å². The van der Waals surface area contributed by atoms with Crippen molar-refractivity contribution in [3.63, 3.8) is 0 Å². The van der Waals surface area contributed by atoms with E-state index in [4.69, 9.17) is 0 Å². The second-order valence-corrected chi connectivity index (χ2v) is 11.7. The third-order valence-electron chi connectivity index (χ3n) is 9.51. The molecule has 5 unspecified atom stereocenters. The number of fused-ring (bicyclic) bond motifs is 2. The summed E-state index contributed by atoms with van der Waals surface area (Å²) in [6.07, 6.45) is 29.0. The molecule has 0 N–H and O–H groups in total. The SMILES string of the molecule is C/C=C/CCC1CCC2CC(C3CCc4cc(CCCCCCC)ccc4C3)CCC2C1. The molecule has 0 amide bonds. The third kappa shape index (κ3) is 6.51. The number of hydrogen-bond donors (Lipinski definition) is 0. The maximum absolute atomic E-state index is 2.58. The summed E-state index contributed by atoms with van der Waals surface area (Å²) < 4.78 is 0. The van der Waals surface area contributed by atoms with E-state index in [0.29, 0.717) is 0 Å². The Morgan fingerprint density at radius 3 is 2.44 bits per heavy atom. The average molecular weight is 435 g/mol. The Balaban J connectivity index is 1.24. The van der Waals surface area contributed by atoms with Crippen LogP contribution < -0.4 is 0 Å². The Labute approximate surface area is 199 Å². The van der Waals surface area contributed by atoms with E-state index in [1.54, 1.807) is 29.5 Å². The normalized spacial score (nSPS) is 30.2. The van der Waals surface area contributed by atoms with Crippen molar-refractivity contribution in [1.82, 2.24) is 0 Å². The fourth-order valence-electron chi connectivity index (χ4n) is 7.54. The van der Waals surface area contributed by atoms with Gasteiger partial charge in [0.05, 0.1) is 0 Å². The maximum atomic E-state index is 2.58. The van der Waals surface area contributed by atoms with Crippen molar-refractivity contribution in [2.24, 2.45) is 29.6 Å². The van der Waals surface area contributed by atoms with Crippen LogP contribution in [0.15, 0.2) is 30.4 Å². The van der Waals surface area contributed by atoms with Gasteiger partial charge in [0.2, 0.25) is 0 Å². The summed E-state index contributed by atoms with van der Waals surface area (Å²) in [5, 5.41) is 0. The number of hydrogen-bond acceptors (Lipinski definition) is 0. The Morgan fingerprint density at radius 2 is 1.59 bits per heavy atom. The van der Waals surface area contributed by atoms with Crippen molar-refractivity contribution >= 4 is 0 Å². The van der Waals surface area contributed by atoms with E-state index >= 15 is 0 Å². The quantitative estimate of drug-likeness (QED) is 0.254. The molecule has 0 spiro atoms. The Hall–Kier alpha value is -1.04. The van der Waals surface area contributed by atoms with E-state index in [9.17, 15) is 0 Å². The lowest BCUT2D eigenvalue weighted by molar-refractivity contribution is 0.0699. The molecule has 0 saturated heterocycles. The summed E-state index contributed by atoms with van der Waals surface area (Å²) in [5.41, 5.74) is 5.00. The minimum Gasteiger partial charge on any atom is -0.0917 e. The highest BCUT2D eigenvalue weighted by atomic mass is 14.4. The van der Waals surface area contributed by atoms with Gasteiger partial charge in [0, 0.05) is 0 Å². The number of aryl methyl sites for hydroxylation is 2. The Morgan fingerprint density at radius 1 is 0.812 bits per heavy atom. The number of allylic oxidation sites excluding steroid dienone is 2. The van der Waals surface area contributed by atoms with E-state index < -0.39 is 0 Å². The molecule has 3 aliphatic rings. The maximum Gasteiger partial charge on any atom is -0.0245 e. The van der Waals surface area contributed by atoms with Crippen molar-refractivity contribution in [3.05, 3.63) is 47.0 Å². The van der Waals surface area contributed by atoms with Gasteiger partial charge in [-0.15, -0.1) is 0 Å². The second-order valence-electron chi connectivity index (χ2n) is 11.7. The first kappa shape index (κ1) is 24.1. The largest absolute Gasteiger partial charge is 0.0917 e. The monoisotopic (exact) mass is 434 g/mol. The van der Waals surface area contributed by atoms with Gasteiger partial charge in [-0.05, 0) is 130 Å². The van der Waals surface area contributed by atoms with Gasteiger partial charge in [0.25, 0.3) is 0 Å². The van der Waals surface area contributed by atoms with Crippen LogP contribution in [0.4, 0.5) is 0 Å². The van der Waals surface area contributed by atoms with Crippen LogP contribution >= 0.6 is 0 Å². The van der Waals surface area contributed by atoms with Crippen molar-refractivity contribution in [3.8, 4) is 0 Å². The molecule has 0 heteroatoms. The summed E-state index contributed by atoms with van der Waals surface area (Å²) >= 11 is 0. The molecule has 1 aromatic carbocycles. The molecule has 2 fully saturated rings. The second kappa shape index (κ2) is 12.4. The molecule has 0 bridgehead atoms. The van der Waals surface area contributed by atoms with E-state index in [2.05, 4.69) is 44.2 Å². The molecule has 178 valence electrons. The molecular formula is C32H50. The molecule has 0 aromatic heterocycles. The molecule has 0 nitrogen and oxygen atoms in total. The Kier molecular flexibility index (Phi) is 9.36. The fourth-order valence-corrected chi connectivity index (χ4v) is 7.54. The van der Waals surface area contributed by atoms with Crippen molar-refractivity contribution in [1.29, 1.82) is 0 Å². The van der Waals surface area contributed by atoms with Crippen LogP contribution in [0, 0.1) is 29.6 Å². The van der Waals surface area contributed by atoms with Gasteiger partial charge in [0.15, 0.2) is 0 Å². The van der Waals surface area contributed by atoms with E-state index in [1.807, 2.05) is 0 Å². The van der Waals surface area contributed by atoms with Crippen LogP contribution in [-0.2, 0) is 19.3 Å². The summed E-state index contributed by atoms with van der Waals surface area (Å²) in [6, 6.07) is 7.56. The highest BCUT2D eigenvalue weighted by Gasteiger charge is 2.38. The predicted octanol–water partition coefficient (Wildman–Crippen LogP) is 9.49. The lowest BCUT2D eigenvalue weighted by Gasteiger charge is -2.45. The zero-order valence-electron chi connectivity index (χ0n) is 21.3. The fraction of sp³-hybridized carbons (Fsp3) is 0.750. The molecule has 2 saturated carbocycles. The molecular weight excluding hydrogens is 384 g/mol. The highest BCUT2D eigenvalue weighted by molar-refractivity contribution is 5.34. The van der Waals surface area contributed by atoms with E-state index in [-0.39, 0.29) is 0 Å². The first-order chi connectivity index (χ1) is 15.8. The van der Waals surface area contributed by atoms with Crippen LogP contribution in [0.3, 0.4) is 0 Å². The summed E-state index contributed by atoms with van der Waals surface area (Å²) in [6.45, 7) is 4.47. The minimum atomic E-state index is 0.968. The van der Waals surface area contributed by atoms with Crippen LogP contribution in [0.2, 0.25) is 0 Å². The highest BCUT2D eigenvalue weighted by Crippen LogP contribution is 2.49. The molecule has 0 aliphatic heterocycles. The van der Waals surface area contributed by atoms with Gasteiger partial charge in [-0.25, -0.2) is 0 Å². The van der Waals surface area contributed by atoms with Gasteiger partial charge in [0.1, 0.15) is 0 Å². The van der Waals surface area contributed by atoms with Gasteiger partial charge in [-0.1, -0.05) is 69.4 Å². The minimum absolute atomic E-state index is 0.968. The smallest absolute Gasteiger partial charge is 0.0245 e. The summed E-state index contributed by atoms with van der Waals surface area (Å²) in [7, 11) is 0. The number of rotatable bonds is 10. The summed E-state index contributed by atoms with van der Waals surface area (Å²) in [5.74, 6) is 5.12. The first-order valence-electron chi connectivity index (χ1n) is 14.5. The molecule has 32 heavy (non-hydrogen) atoms. The average Bonchev–Trinajstić information content (AvgIpc) is 2.83. The molecule has 0 radical (unpaired) electrons. The van der Waals surface area contributed by atoms with Crippen molar-refractivity contribution in [2.75, 3.05) is 0 Å². The van der Waals surface area contributed by atoms with Crippen LogP contribution in [0.1, 0.15) is 120 Å². The first-order valence-corrected chi connectivity index (χ1v) is 14.5. The lowest BCUT2D eigenvalue weighted by Crippen LogP contribution is -2.35. The van der Waals surface area contributed by atoms with Crippen LogP contribution in [0.5, 0.6) is 0 Å². The third-order valence-corrected chi connectivity index (χ3v) is 9.51. The molecule has 1 aromatic rings. The standard InChI is InChI=1S/C32H50/c1-3-5-7-8-10-12-26-14-16-30-24-32(20-18-28(30)22-26)31-19-17-27-21-25(11-9-6-4-2)13-15-29(27)23-31/h4,6,14,16,22,25,27,29,31-32H,3,5,7-13,15,17-21,23-24H2,1-2H3/b6-4+. The van der Waals surface area contributed by atoms with E-state index in [0.717, 1.165) is 29.6 Å².